The SMILES string of the molecule is CC(C)(C)c1ccc(C(CCc2cc3c(c4c2oc2ccccc24)-c2c(cc(-c4ccccc4)c4c2oc2ccccc24)C3(C)C)c2cc3c(c4c2oc2ccccc24)-c2c(cc(-c4ccccc4)c4c2oc2ccccc24)C3(C)C)cc1. The van der Waals surface area contributed by atoms with Crippen molar-refractivity contribution in [2.24, 2.45) is 0 Å². The van der Waals surface area contributed by atoms with Crippen molar-refractivity contribution in [1.82, 2.24) is 0 Å². The summed E-state index contributed by atoms with van der Waals surface area (Å²) in [6.45, 7) is 16.5. The molecule has 0 saturated heterocycles. The van der Waals surface area contributed by atoms with Crippen LogP contribution in [0.15, 0.2) is 224 Å². The Balaban J connectivity index is 0.899. The lowest BCUT2D eigenvalue weighted by molar-refractivity contribution is 0.589. The van der Waals surface area contributed by atoms with Gasteiger partial charge in [-0.3, -0.25) is 0 Å². The van der Waals surface area contributed by atoms with Crippen molar-refractivity contribution in [3.63, 3.8) is 0 Å². The summed E-state index contributed by atoms with van der Waals surface area (Å²) < 4.78 is 28.9. The summed E-state index contributed by atoms with van der Waals surface area (Å²) in [5.41, 5.74) is 26.0. The van der Waals surface area contributed by atoms with Crippen LogP contribution in [0.4, 0.5) is 0 Å². The number of hydrogen-bond donors (Lipinski definition) is 0. The van der Waals surface area contributed by atoms with Crippen LogP contribution in [-0.4, -0.2) is 0 Å². The first-order valence-electron chi connectivity index (χ1n) is 29.5. The second-order valence-corrected chi connectivity index (χ2v) is 25.7. The van der Waals surface area contributed by atoms with E-state index in [2.05, 4.69) is 255 Å². The Kier molecular flexibility index (Phi) is 9.96. The van der Waals surface area contributed by atoms with Gasteiger partial charge in [-0.05, 0) is 122 Å². The van der Waals surface area contributed by atoms with Crippen molar-refractivity contribution < 1.29 is 17.7 Å². The molecule has 4 nitrogen and oxygen atoms in total. The first kappa shape index (κ1) is 48.3. The van der Waals surface area contributed by atoms with Crippen LogP contribution in [0.25, 0.3) is 132 Å². The molecular formula is C79H60O4. The fraction of sp³-hybridized carbons (Fsp3) is 0.165. The van der Waals surface area contributed by atoms with Crippen LogP contribution < -0.4 is 0 Å². The highest BCUT2D eigenvalue weighted by molar-refractivity contribution is 6.25. The van der Waals surface area contributed by atoms with Crippen LogP contribution in [0, 0.1) is 0 Å². The minimum atomic E-state index is -0.407. The number of para-hydroxylation sites is 4. The minimum Gasteiger partial charge on any atom is -0.456 e. The summed E-state index contributed by atoms with van der Waals surface area (Å²) in [5, 5.41) is 9.07. The van der Waals surface area contributed by atoms with Crippen molar-refractivity contribution in [2.75, 3.05) is 0 Å². The van der Waals surface area contributed by atoms with E-state index in [1.54, 1.807) is 0 Å². The number of benzene rings is 11. The molecule has 0 N–H and O–H groups in total. The van der Waals surface area contributed by atoms with Gasteiger partial charge in [0.25, 0.3) is 0 Å². The summed E-state index contributed by atoms with van der Waals surface area (Å²) in [7, 11) is 0. The molecule has 1 unspecified atom stereocenters. The van der Waals surface area contributed by atoms with Crippen LogP contribution in [-0.2, 0) is 22.7 Å². The molecule has 0 amide bonds. The topological polar surface area (TPSA) is 52.6 Å². The predicted molar refractivity (Wildman–Crippen MR) is 343 cm³/mol. The Labute approximate surface area is 481 Å². The molecule has 15 aromatic rings. The van der Waals surface area contributed by atoms with Gasteiger partial charge in [0.2, 0.25) is 0 Å². The quantitative estimate of drug-likeness (QED) is 0.160. The molecule has 4 heteroatoms. The van der Waals surface area contributed by atoms with E-state index in [0.29, 0.717) is 0 Å². The van der Waals surface area contributed by atoms with E-state index in [4.69, 9.17) is 17.7 Å². The molecule has 17 rings (SSSR count). The Hall–Kier alpha value is -9.38. The maximum Gasteiger partial charge on any atom is 0.144 e. The summed E-state index contributed by atoms with van der Waals surface area (Å²) in [5.74, 6) is -0.0653. The molecule has 11 aromatic carbocycles. The highest BCUT2D eigenvalue weighted by Crippen LogP contribution is 2.61. The highest BCUT2D eigenvalue weighted by Gasteiger charge is 2.44. The predicted octanol–water partition coefficient (Wildman–Crippen LogP) is 22.3. The molecular weight excluding hydrogens is 1010 g/mol. The van der Waals surface area contributed by atoms with E-state index in [9.17, 15) is 0 Å². The van der Waals surface area contributed by atoms with E-state index in [0.717, 1.165) is 106 Å². The van der Waals surface area contributed by atoms with Gasteiger partial charge in [0.1, 0.15) is 44.7 Å². The van der Waals surface area contributed by atoms with E-state index in [1.165, 1.54) is 83.5 Å². The van der Waals surface area contributed by atoms with Crippen LogP contribution >= 0.6 is 0 Å². The van der Waals surface area contributed by atoms with Crippen molar-refractivity contribution in [3.05, 3.63) is 251 Å². The molecule has 2 aliphatic carbocycles. The van der Waals surface area contributed by atoms with E-state index < -0.39 is 5.41 Å². The number of hydrogen-bond acceptors (Lipinski definition) is 4. The third kappa shape index (κ3) is 6.75. The molecule has 83 heavy (non-hydrogen) atoms. The number of aryl methyl sites for hydroxylation is 1. The zero-order chi connectivity index (χ0) is 55.8. The van der Waals surface area contributed by atoms with Crippen molar-refractivity contribution >= 4 is 87.8 Å². The second kappa shape index (κ2) is 17.1. The molecule has 0 aliphatic heterocycles. The van der Waals surface area contributed by atoms with Crippen molar-refractivity contribution in [1.29, 1.82) is 0 Å². The molecule has 4 aromatic heterocycles. The van der Waals surface area contributed by atoms with Crippen LogP contribution in [0.3, 0.4) is 0 Å². The normalized spacial score (nSPS) is 14.7. The molecule has 0 spiro atoms. The Morgan fingerprint density at radius 3 is 1.23 bits per heavy atom. The first-order chi connectivity index (χ1) is 40.3. The van der Waals surface area contributed by atoms with Gasteiger partial charge in [0.15, 0.2) is 0 Å². The second-order valence-electron chi connectivity index (χ2n) is 25.7. The molecule has 1 atom stereocenters. The lowest BCUT2D eigenvalue weighted by atomic mass is 9.77. The average Bonchev–Trinajstić information content (AvgIpc) is 1.80. The molecule has 0 saturated carbocycles. The van der Waals surface area contributed by atoms with Crippen LogP contribution in [0.1, 0.15) is 105 Å². The zero-order valence-corrected chi connectivity index (χ0v) is 47.8. The molecule has 0 fully saturated rings. The van der Waals surface area contributed by atoms with E-state index >= 15 is 0 Å². The van der Waals surface area contributed by atoms with Gasteiger partial charge in [0.05, 0.1) is 0 Å². The van der Waals surface area contributed by atoms with Crippen LogP contribution in [0.2, 0.25) is 0 Å². The van der Waals surface area contributed by atoms with Crippen molar-refractivity contribution in [3.8, 4) is 44.5 Å². The largest absolute Gasteiger partial charge is 0.456 e. The van der Waals surface area contributed by atoms with Crippen molar-refractivity contribution in [2.45, 2.75) is 83.5 Å². The average molecular weight is 1070 g/mol. The van der Waals surface area contributed by atoms with Gasteiger partial charge < -0.3 is 17.7 Å². The highest BCUT2D eigenvalue weighted by atomic mass is 16.3. The maximum absolute atomic E-state index is 7.36. The van der Waals surface area contributed by atoms with Gasteiger partial charge in [-0.15, -0.1) is 0 Å². The minimum absolute atomic E-state index is 0.0124. The summed E-state index contributed by atoms with van der Waals surface area (Å²) in [6.07, 6.45) is 1.54. The maximum atomic E-state index is 7.36. The molecule has 4 heterocycles. The van der Waals surface area contributed by atoms with Crippen LogP contribution in [0.5, 0.6) is 0 Å². The number of rotatable bonds is 7. The number of furan rings is 4. The molecule has 0 radical (unpaired) electrons. The Bertz CT molecular complexity index is 5220. The van der Waals surface area contributed by atoms with Gasteiger partial charge in [-0.25, -0.2) is 0 Å². The molecule has 400 valence electrons. The third-order valence-electron chi connectivity index (χ3n) is 19.3. The smallest absolute Gasteiger partial charge is 0.144 e. The first-order valence-corrected chi connectivity index (χ1v) is 29.5. The molecule has 0 bridgehead atoms. The van der Waals surface area contributed by atoms with Gasteiger partial charge >= 0.3 is 0 Å². The summed E-state index contributed by atoms with van der Waals surface area (Å²) >= 11 is 0. The van der Waals surface area contributed by atoms with Gasteiger partial charge in [-0.1, -0.05) is 212 Å². The van der Waals surface area contributed by atoms with E-state index in [-0.39, 0.29) is 16.7 Å². The Morgan fingerprint density at radius 1 is 0.373 bits per heavy atom. The number of fused-ring (bicyclic) bond motifs is 22. The van der Waals surface area contributed by atoms with Gasteiger partial charge in [-0.2, -0.15) is 0 Å². The van der Waals surface area contributed by atoms with E-state index in [1.807, 2.05) is 0 Å². The summed E-state index contributed by atoms with van der Waals surface area (Å²) in [6, 6.07) is 75.4. The lowest BCUT2D eigenvalue weighted by Crippen LogP contribution is -2.16. The fourth-order valence-corrected chi connectivity index (χ4v) is 15.1. The third-order valence-corrected chi connectivity index (χ3v) is 19.3. The molecule has 2 aliphatic rings. The summed E-state index contributed by atoms with van der Waals surface area (Å²) in [4.78, 5) is 0. The Morgan fingerprint density at radius 2 is 0.759 bits per heavy atom. The fourth-order valence-electron chi connectivity index (χ4n) is 15.1. The lowest BCUT2D eigenvalue weighted by Gasteiger charge is -2.26. The monoisotopic (exact) mass is 1070 g/mol. The standard InChI is InChI=1S/C79H60O4/c1-77(2,3)48-37-34-46(35-38-48)49(56-43-58-70(68-53-29-17-21-33-64(53)81-74(56)68)72-60(79(58,6)7)42-55(45-24-12-9-13-25-45)66-51-27-15-19-31-62(51)83-76(66)72)39-36-47-40-57-69(67-52-28-16-20-32-63(52)80-73(47)67)71-59(78(57,4)5)41-54(44-22-10-8-11-23-44)65-50-26-14-18-30-61(50)82-75(65)71/h8-35,37-38,40-43,49H,36,39H2,1-7H3. The zero-order valence-electron chi connectivity index (χ0n) is 47.8. The van der Waals surface area contributed by atoms with Gasteiger partial charge in [0, 0.05) is 87.7 Å².